The van der Waals surface area contributed by atoms with Gasteiger partial charge in [0.1, 0.15) is 0 Å². The van der Waals surface area contributed by atoms with E-state index in [4.69, 9.17) is 16.6 Å². The molecule has 68 valence electrons. The van der Waals surface area contributed by atoms with Crippen LogP contribution in [0.3, 0.4) is 0 Å². The molecule has 0 fully saturated rings. The van der Waals surface area contributed by atoms with Crippen LogP contribution in [0.25, 0.3) is 0 Å². The molecule has 5 N–H and O–H groups in total. The predicted octanol–water partition coefficient (Wildman–Crippen LogP) is 0.214. The maximum absolute atomic E-state index is 8.59. The Morgan fingerprint density at radius 3 is 2.18 bits per heavy atom. The number of aliphatic hydroxyl groups excluding tert-OH is 1. The van der Waals surface area contributed by atoms with Crippen molar-refractivity contribution in [3.05, 3.63) is 0 Å². The second-order valence-electron chi connectivity index (χ2n) is 3.20. The van der Waals surface area contributed by atoms with Crippen LogP contribution in [0.1, 0.15) is 32.6 Å². The van der Waals surface area contributed by atoms with E-state index in [1.54, 1.807) is 0 Å². The molecule has 0 bridgehead atoms. The SMILES string of the molecule is CC(N)CCCCC(N)CO. The van der Waals surface area contributed by atoms with E-state index in [0.29, 0.717) is 6.04 Å². The molecular formula is C8H20N2O. The Hall–Kier alpha value is -0.120. The molecule has 0 heterocycles. The fourth-order valence-corrected chi connectivity index (χ4v) is 0.964. The fraction of sp³-hybridized carbons (Fsp3) is 1.00. The zero-order valence-corrected chi connectivity index (χ0v) is 7.29. The van der Waals surface area contributed by atoms with E-state index in [1.165, 1.54) is 0 Å². The maximum Gasteiger partial charge on any atom is 0.0582 e. The highest BCUT2D eigenvalue weighted by atomic mass is 16.3. The summed E-state index contributed by atoms with van der Waals surface area (Å²) in [6.07, 6.45) is 4.15. The van der Waals surface area contributed by atoms with E-state index >= 15 is 0 Å². The van der Waals surface area contributed by atoms with Crippen LogP contribution in [0, 0.1) is 0 Å². The minimum atomic E-state index is -0.0388. The zero-order valence-electron chi connectivity index (χ0n) is 7.29. The van der Waals surface area contributed by atoms with Crippen molar-refractivity contribution in [1.82, 2.24) is 0 Å². The summed E-state index contributed by atoms with van der Waals surface area (Å²) < 4.78 is 0. The van der Waals surface area contributed by atoms with E-state index < -0.39 is 0 Å². The molecule has 3 nitrogen and oxygen atoms in total. The normalized spacial score (nSPS) is 16.4. The highest BCUT2D eigenvalue weighted by Crippen LogP contribution is 2.03. The summed E-state index contributed by atoms with van der Waals surface area (Å²) in [7, 11) is 0. The highest BCUT2D eigenvalue weighted by Gasteiger charge is 1.99. The summed E-state index contributed by atoms with van der Waals surface area (Å²) in [5.74, 6) is 0. The first kappa shape index (κ1) is 10.9. The van der Waals surface area contributed by atoms with Gasteiger partial charge in [-0.2, -0.15) is 0 Å². The van der Waals surface area contributed by atoms with Gasteiger partial charge >= 0.3 is 0 Å². The van der Waals surface area contributed by atoms with Crippen molar-refractivity contribution in [3.8, 4) is 0 Å². The maximum atomic E-state index is 8.59. The quantitative estimate of drug-likeness (QED) is 0.486. The van der Waals surface area contributed by atoms with Gasteiger partial charge in [-0.25, -0.2) is 0 Å². The van der Waals surface area contributed by atoms with Gasteiger partial charge in [-0.15, -0.1) is 0 Å². The molecule has 0 aromatic carbocycles. The number of hydrogen-bond donors (Lipinski definition) is 3. The summed E-state index contributed by atoms with van der Waals surface area (Å²) in [5, 5.41) is 8.59. The topological polar surface area (TPSA) is 72.3 Å². The molecule has 0 aliphatic heterocycles. The van der Waals surface area contributed by atoms with Crippen LogP contribution in [-0.4, -0.2) is 23.8 Å². The Labute approximate surface area is 68.8 Å². The minimum absolute atomic E-state index is 0.0388. The van der Waals surface area contributed by atoms with Gasteiger partial charge in [0.05, 0.1) is 6.61 Å². The standard InChI is InChI=1S/C8H20N2O/c1-7(9)4-2-3-5-8(10)6-11/h7-8,11H,2-6,9-10H2,1H3. The molecule has 11 heavy (non-hydrogen) atoms. The third-order valence-corrected chi connectivity index (χ3v) is 1.72. The van der Waals surface area contributed by atoms with Gasteiger partial charge < -0.3 is 16.6 Å². The Kier molecular flexibility index (Phi) is 6.51. The molecule has 0 aromatic heterocycles. The van der Waals surface area contributed by atoms with Gasteiger partial charge in [-0.05, 0) is 19.8 Å². The van der Waals surface area contributed by atoms with Crippen molar-refractivity contribution in [2.45, 2.75) is 44.7 Å². The molecular weight excluding hydrogens is 140 g/mol. The molecule has 0 aliphatic rings. The van der Waals surface area contributed by atoms with Crippen molar-refractivity contribution in [2.75, 3.05) is 6.61 Å². The van der Waals surface area contributed by atoms with Crippen LogP contribution in [-0.2, 0) is 0 Å². The third-order valence-electron chi connectivity index (χ3n) is 1.72. The number of rotatable bonds is 6. The second-order valence-corrected chi connectivity index (χ2v) is 3.20. The number of aliphatic hydroxyl groups is 1. The number of hydrogen-bond acceptors (Lipinski definition) is 3. The number of nitrogens with two attached hydrogens (primary N) is 2. The lowest BCUT2D eigenvalue weighted by atomic mass is 10.1. The molecule has 0 saturated heterocycles. The van der Waals surface area contributed by atoms with Crippen molar-refractivity contribution in [2.24, 2.45) is 11.5 Å². The molecule has 0 spiro atoms. The summed E-state index contributed by atoms with van der Waals surface area (Å²) in [5.41, 5.74) is 11.1. The van der Waals surface area contributed by atoms with Crippen LogP contribution in [0.4, 0.5) is 0 Å². The van der Waals surface area contributed by atoms with E-state index in [0.717, 1.165) is 25.7 Å². The lowest BCUT2D eigenvalue weighted by Crippen LogP contribution is -2.24. The fourth-order valence-electron chi connectivity index (χ4n) is 0.964. The third kappa shape index (κ3) is 7.78. The largest absolute Gasteiger partial charge is 0.395 e. The number of unbranched alkanes of at least 4 members (excludes halogenated alkanes) is 1. The van der Waals surface area contributed by atoms with E-state index in [-0.39, 0.29) is 12.6 Å². The summed E-state index contributed by atoms with van der Waals surface area (Å²) in [6.45, 7) is 2.10. The Morgan fingerprint density at radius 2 is 1.73 bits per heavy atom. The van der Waals surface area contributed by atoms with Gasteiger partial charge in [-0.1, -0.05) is 12.8 Å². The van der Waals surface area contributed by atoms with Crippen LogP contribution in [0.5, 0.6) is 0 Å². The monoisotopic (exact) mass is 160 g/mol. The van der Waals surface area contributed by atoms with Gasteiger partial charge in [0.25, 0.3) is 0 Å². The Morgan fingerprint density at radius 1 is 1.18 bits per heavy atom. The molecule has 2 atom stereocenters. The molecule has 0 rings (SSSR count). The Balaban J connectivity index is 3.01. The lowest BCUT2D eigenvalue weighted by molar-refractivity contribution is 0.257. The van der Waals surface area contributed by atoms with Crippen molar-refractivity contribution >= 4 is 0 Å². The Bertz CT molecular complexity index is 86.2. The molecule has 0 aromatic rings. The van der Waals surface area contributed by atoms with Crippen LogP contribution < -0.4 is 11.5 Å². The minimum Gasteiger partial charge on any atom is -0.395 e. The van der Waals surface area contributed by atoms with Gasteiger partial charge in [0.2, 0.25) is 0 Å². The molecule has 0 saturated carbocycles. The molecule has 3 heteroatoms. The summed E-state index contributed by atoms with van der Waals surface area (Å²) >= 11 is 0. The lowest BCUT2D eigenvalue weighted by Gasteiger charge is -2.08. The van der Waals surface area contributed by atoms with E-state index in [2.05, 4.69) is 0 Å². The predicted molar refractivity (Wildman–Crippen MR) is 47.2 cm³/mol. The first-order valence-electron chi connectivity index (χ1n) is 4.28. The van der Waals surface area contributed by atoms with Crippen LogP contribution in [0.15, 0.2) is 0 Å². The smallest absolute Gasteiger partial charge is 0.0582 e. The van der Waals surface area contributed by atoms with Gasteiger partial charge in [0.15, 0.2) is 0 Å². The second kappa shape index (κ2) is 6.58. The summed E-state index contributed by atoms with van der Waals surface area (Å²) in [6, 6.07) is 0.253. The molecule has 0 aliphatic carbocycles. The van der Waals surface area contributed by atoms with Crippen molar-refractivity contribution in [3.63, 3.8) is 0 Å². The molecule has 0 radical (unpaired) electrons. The van der Waals surface area contributed by atoms with E-state index in [9.17, 15) is 0 Å². The average Bonchev–Trinajstić information content (AvgIpc) is 1.97. The van der Waals surface area contributed by atoms with Crippen LogP contribution in [0.2, 0.25) is 0 Å². The van der Waals surface area contributed by atoms with E-state index in [1.807, 2.05) is 6.92 Å². The first-order chi connectivity index (χ1) is 5.16. The average molecular weight is 160 g/mol. The van der Waals surface area contributed by atoms with Gasteiger partial charge in [0, 0.05) is 12.1 Å². The molecule has 2 unspecified atom stereocenters. The van der Waals surface area contributed by atoms with Gasteiger partial charge in [-0.3, -0.25) is 0 Å². The van der Waals surface area contributed by atoms with Crippen molar-refractivity contribution < 1.29 is 5.11 Å². The highest BCUT2D eigenvalue weighted by molar-refractivity contribution is 4.60. The zero-order chi connectivity index (χ0) is 8.69. The first-order valence-corrected chi connectivity index (χ1v) is 4.28. The van der Waals surface area contributed by atoms with Crippen molar-refractivity contribution in [1.29, 1.82) is 0 Å². The van der Waals surface area contributed by atoms with Crippen LogP contribution >= 0.6 is 0 Å². The molecule has 0 amide bonds. The summed E-state index contributed by atoms with van der Waals surface area (Å²) in [4.78, 5) is 0.